The van der Waals surface area contributed by atoms with Crippen LogP contribution in [0, 0.1) is 0 Å². The monoisotopic (exact) mass is 342 g/mol. The summed E-state index contributed by atoms with van der Waals surface area (Å²) in [6, 6.07) is 14.0. The van der Waals surface area contributed by atoms with Crippen molar-refractivity contribution in [3.8, 4) is 11.5 Å². The fourth-order valence-corrected chi connectivity index (χ4v) is 2.08. The number of hydrogen-bond donors (Lipinski definition) is 2. The molecular formula is C19H22N2O4. The van der Waals surface area contributed by atoms with Crippen LogP contribution in [0.25, 0.3) is 0 Å². The van der Waals surface area contributed by atoms with Crippen molar-refractivity contribution in [2.75, 3.05) is 17.7 Å². The minimum absolute atomic E-state index is 0.0836. The van der Waals surface area contributed by atoms with Crippen molar-refractivity contribution in [3.05, 3.63) is 48.5 Å². The third-order valence-corrected chi connectivity index (χ3v) is 3.48. The summed E-state index contributed by atoms with van der Waals surface area (Å²) in [5.74, 6) is 0.928. The highest BCUT2D eigenvalue weighted by Crippen LogP contribution is 2.19. The summed E-state index contributed by atoms with van der Waals surface area (Å²) in [5.41, 5.74) is 1.22. The van der Waals surface area contributed by atoms with E-state index in [1.807, 2.05) is 0 Å². The Hall–Kier alpha value is -3.02. The van der Waals surface area contributed by atoms with Gasteiger partial charge in [-0.25, -0.2) is 0 Å². The Bertz CT molecular complexity index is 728. The Morgan fingerprint density at radius 1 is 1.00 bits per heavy atom. The summed E-state index contributed by atoms with van der Waals surface area (Å²) in [4.78, 5) is 23.7. The maximum absolute atomic E-state index is 12.3. The van der Waals surface area contributed by atoms with Gasteiger partial charge >= 0.3 is 0 Å². The van der Waals surface area contributed by atoms with Crippen LogP contribution < -0.4 is 20.1 Å². The van der Waals surface area contributed by atoms with Crippen molar-refractivity contribution in [1.82, 2.24) is 0 Å². The number of benzene rings is 2. The van der Waals surface area contributed by atoms with Crippen molar-refractivity contribution in [2.24, 2.45) is 0 Å². The standard InChI is InChI=1S/C19H22N2O4/c1-4-18(22)20-14-6-5-7-15(12-14)21-19(23)13(2)25-17-10-8-16(24-3)9-11-17/h5-13H,4H2,1-3H3,(H,20,22)(H,21,23). The van der Waals surface area contributed by atoms with Gasteiger partial charge in [0.25, 0.3) is 5.91 Å². The van der Waals surface area contributed by atoms with Gasteiger partial charge in [-0.05, 0) is 49.4 Å². The molecular weight excluding hydrogens is 320 g/mol. The molecule has 0 radical (unpaired) electrons. The summed E-state index contributed by atoms with van der Waals surface area (Å²) in [6.07, 6.45) is -0.286. The Kier molecular flexibility index (Phi) is 6.39. The van der Waals surface area contributed by atoms with E-state index in [4.69, 9.17) is 9.47 Å². The smallest absolute Gasteiger partial charge is 0.265 e. The summed E-state index contributed by atoms with van der Waals surface area (Å²) >= 11 is 0. The summed E-state index contributed by atoms with van der Waals surface area (Å²) in [7, 11) is 1.59. The van der Waals surface area contributed by atoms with Crippen LogP contribution in [0.15, 0.2) is 48.5 Å². The van der Waals surface area contributed by atoms with Gasteiger partial charge in [0.05, 0.1) is 7.11 Å². The van der Waals surface area contributed by atoms with E-state index in [9.17, 15) is 9.59 Å². The molecule has 2 aromatic carbocycles. The summed E-state index contributed by atoms with van der Waals surface area (Å²) < 4.78 is 10.7. The first-order valence-electron chi connectivity index (χ1n) is 8.03. The normalized spacial score (nSPS) is 11.3. The van der Waals surface area contributed by atoms with Crippen molar-refractivity contribution in [3.63, 3.8) is 0 Å². The van der Waals surface area contributed by atoms with E-state index in [1.54, 1.807) is 69.5 Å². The summed E-state index contributed by atoms with van der Waals surface area (Å²) in [5, 5.41) is 5.53. The second-order valence-electron chi connectivity index (χ2n) is 5.41. The molecule has 0 bridgehead atoms. The van der Waals surface area contributed by atoms with Gasteiger partial charge in [0.1, 0.15) is 11.5 Å². The molecule has 132 valence electrons. The highest BCUT2D eigenvalue weighted by Gasteiger charge is 2.15. The number of methoxy groups -OCH3 is 1. The SMILES string of the molecule is CCC(=O)Nc1cccc(NC(=O)C(C)Oc2ccc(OC)cc2)c1. The fraction of sp³-hybridized carbons (Fsp3) is 0.263. The number of nitrogens with one attached hydrogen (secondary N) is 2. The van der Waals surface area contributed by atoms with Crippen LogP contribution in [0.2, 0.25) is 0 Å². The molecule has 2 N–H and O–H groups in total. The van der Waals surface area contributed by atoms with Crippen molar-refractivity contribution < 1.29 is 19.1 Å². The molecule has 25 heavy (non-hydrogen) atoms. The van der Waals surface area contributed by atoms with E-state index in [0.717, 1.165) is 5.75 Å². The molecule has 0 saturated heterocycles. The van der Waals surface area contributed by atoms with Crippen LogP contribution in [0.3, 0.4) is 0 Å². The average molecular weight is 342 g/mol. The highest BCUT2D eigenvalue weighted by molar-refractivity contribution is 5.95. The average Bonchev–Trinajstić information content (AvgIpc) is 2.62. The van der Waals surface area contributed by atoms with Crippen LogP contribution in [0.5, 0.6) is 11.5 Å². The van der Waals surface area contributed by atoms with E-state index >= 15 is 0 Å². The molecule has 0 aliphatic carbocycles. The topological polar surface area (TPSA) is 76.7 Å². The zero-order chi connectivity index (χ0) is 18.2. The van der Waals surface area contributed by atoms with Gasteiger partial charge in [-0.2, -0.15) is 0 Å². The molecule has 2 amide bonds. The minimum Gasteiger partial charge on any atom is -0.497 e. The number of carbonyl (C=O) groups is 2. The van der Waals surface area contributed by atoms with E-state index in [2.05, 4.69) is 10.6 Å². The van der Waals surface area contributed by atoms with Gasteiger partial charge in [-0.15, -0.1) is 0 Å². The molecule has 6 nitrogen and oxygen atoms in total. The van der Waals surface area contributed by atoms with E-state index in [-0.39, 0.29) is 11.8 Å². The van der Waals surface area contributed by atoms with Gasteiger partial charge in [-0.3, -0.25) is 9.59 Å². The largest absolute Gasteiger partial charge is 0.497 e. The van der Waals surface area contributed by atoms with Crippen molar-refractivity contribution >= 4 is 23.2 Å². The molecule has 0 aliphatic rings. The number of rotatable bonds is 7. The molecule has 0 heterocycles. The van der Waals surface area contributed by atoms with E-state index in [1.165, 1.54) is 0 Å². The van der Waals surface area contributed by atoms with Gasteiger partial charge in [0.15, 0.2) is 6.10 Å². The quantitative estimate of drug-likeness (QED) is 0.808. The first-order chi connectivity index (χ1) is 12.0. The number of anilines is 2. The first-order valence-corrected chi connectivity index (χ1v) is 8.03. The molecule has 0 aliphatic heterocycles. The molecule has 6 heteroatoms. The fourth-order valence-electron chi connectivity index (χ4n) is 2.08. The Morgan fingerprint density at radius 2 is 1.60 bits per heavy atom. The predicted octanol–water partition coefficient (Wildman–Crippen LogP) is 3.45. The van der Waals surface area contributed by atoms with Crippen LogP contribution in [0.4, 0.5) is 11.4 Å². The molecule has 0 spiro atoms. The molecule has 0 aromatic heterocycles. The molecule has 0 fully saturated rings. The lowest BCUT2D eigenvalue weighted by Crippen LogP contribution is -2.30. The predicted molar refractivity (Wildman–Crippen MR) is 97.1 cm³/mol. The molecule has 1 atom stereocenters. The molecule has 0 saturated carbocycles. The second-order valence-corrected chi connectivity index (χ2v) is 5.41. The van der Waals surface area contributed by atoms with Crippen LogP contribution >= 0.6 is 0 Å². The second kappa shape index (κ2) is 8.73. The number of hydrogen-bond acceptors (Lipinski definition) is 4. The van der Waals surface area contributed by atoms with Gasteiger partial charge in [-0.1, -0.05) is 13.0 Å². The van der Waals surface area contributed by atoms with Crippen LogP contribution in [-0.4, -0.2) is 25.0 Å². The van der Waals surface area contributed by atoms with Gasteiger partial charge in [0, 0.05) is 17.8 Å². The van der Waals surface area contributed by atoms with Crippen molar-refractivity contribution in [1.29, 1.82) is 0 Å². The Balaban J connectivity index is 1.95. The van der Waals surface area contributed by atoms with Crippen LogP contribution in [0.1, 0.15) is 20.3 Å². The summed E-state index contributed by atoms with van der Waals surface area (Å²) in [6.45, 7) is 3.45. The zero-order valence-electron chi connectivity index (χ0n) is 14.5. The minimum atomic E-state index is -0.678. The van der Waals surface area contributed by atoms with Gasteiger partial charge < -0.3 is 20.1 Å². The molecule has 1 unspecified atom stereocenters. The maximum Gasteiger partial charge on any atom is 0.265 e. The molecule has 2 aromatic rings. The lowest BCUT2D eigenvalue weighted by molar-refractivity contribution is -0.122. The third kappa shape index (κ3) is 5.53. The number of carbonyl (C=O) groups excluding carboxylic acids is 2. The lowest BCUT2D eigenvalue weighted by Gasteiger charge is -2.15. The van der Waals surface area contributed by atoms with Gasteiger partial charge in [0.2, 0.25) is 5.91 Å². The third-order valence-electron chi connectivity index (χ3n) is 3.48. The maximum atomic E-state index is 12.3. The Labute approximate surface area is 147 Å². The van der Waals surface area contributed by atoms with E-state index < -0.39 is 6.10 Å². The Morgan fingerprint density at radius 3 is 2.20 bits per heavy atom. The van der Waals surface area contributed by atoms with Crippen molar-refractivity contribution in [2.45, 2.75) is 26.4 Å². The van der Waals surface area contributed by atoms with Crippen LogP contribution in [-0.2, 0) is 9.59 Å². The zero-order valence-corrected chi connectivity index (χ0v) is 14.5. The number of ether oxygens (including phenoxy) is 2. The first kappa shape index (κ1) is 18.3. The molecule has 2 rings (SSSR count). The number of amides is 2. The highest BCUT2D eigenvalue weighted by atomic mass is 16.5. The lowest BCUT2D eigenvalue weighted by atomic mass is 10.2. The van der Waals surface area contributed by atoms with E-state index in [0.29, 0.717) is 23.5 Å².